The lowest BCUT2D eigenvalue weighted by atomic mass is 10.2. The predicted octanol–water partition coefficient (Wildman–Crippen LogP) is 6.02. The molecule has 0 bridgehead atoms. The Bertz CT molecular complexity index is 1340. The minimum Gasteiger partial charge on any atom is -0.497 e. The van der Waals surface area contributed by atoms with E-state index in [4.69, 9.17) is 47.4 Å². The van der Waals surface area contributed by atoms with Crippen LogP contribution < -0.4 is 9.47 Å². The third-order valence-electron chi connectivity index (χ3n) is 8.54. The van der Waals surface area contributed by atoms with Crippen LogP contribution in [-0.4, -0.2) is 147 Å². The summed E-state index contributed by atoms with van der Waals surface area (Å²) in [5.74, 6) is 0.646. The summed E-state index contributed by atoms with van der Waals surface area (Å²) in [5.41, 5.74) is 1.75. The van der Waals surface area contributed by atoms with E-state index in [1.165, 1.54) is 12.2 Å². The summed E-state index contributed by atoms with van der Waals surface area (Å²) in [5, 5.41) is 0. The van der Waals surface area contributed by atoms with Crippen molar-refractivity contribution in [2.75, 3.05) is 94.3 Å². The fourth-order valence-electron chi connectivity index (χ4n) is 4.93. The summed E-state index contributed by atoms with van der Waals surface area (Å²) in [6.07, 6.45) is 4.86. The average Bonchev–Trinajstić information content (AvgIpc) is 3.19. The summed E-state index contributed by atoms with van der Waals surface area (Å²) in [7, 11) is 7.51. The lowest BCUT2D eigenvalue weighted by molar-refractivity contribution is -0.891. The summed E-state index contributed by atoms with van der Waals surface area (Å²) >= 11 is 0. The molecule has 0 amide bonds. The summed E-state index contributed by atoms with van der Waals surface area (Å²) < 4.78 is 57.1. The number of methoxy groups -OCH3 is 2. The number of carbonyl (C=O) groups excluding carboxylic acids is 2. The van der Waals surface area contributed by atoms with E-state index in [9.17, 15) is 9.59 Å². The van der Waals surface area contributed by atoms with Crippen LogP contribution in [0.3, 0.4) is 0 Å². The van der Waals surface area contributed by atoms with E-state index in [0.717, 1.165) is 40.2 Å². The number of esters is 2. The van der Waals surface area contributed by atoms with Gasteiger partial charge in [-0.15, -0.1) is 0 Å². The summed E-state index contributed by atoms with van der Waals surface area (Å²) in [6.45, 7) is 16.5. The normalized spacial score (nSPS) is 15.2. The smallest absolute Gasteiger partial charge is 0.331 e. The number of hydrogen-bond donors (Lipinski definition) is 0. The van der Waals surface area contributed by atoms with Gasteiger partial charge in [-0.05, 0) is 89.1 Å². The molecule has 2 aromatic rings. The maximum Gasteiger partial charge on any atom is 0.331 e. The molecule has 13 nitrogen and oxygen atoms in total. The molecule has 0 saturated heterocycles. The van der Waals surface area contributed by atoms with Crippen LogP contribution in [0.1, 0.15) is 52.7 Å². The third kappa shape index (κ3) is 23.9. The number of hydrogen-bond acceptors (Lipinski definition) is 12. The Morgan fingerprint density at radius 2 is 0.825 bits per heavy atom. The van der Waals surface area contributed by atoms with Gasteiger partial charge < -0.3 is 51.9 Å². The zero-order chi connectivity index (χ0) is 42.1. The lowest BCUT2D eigenvalue weighted by Gasteiger charge is -2.30. The van der Waals surface area contributed by atoms with Gasteiger partial charge in [0.15, 0.2) is 0 Å². The Morgan fingerprint density at radius 1 is 0.509 bits per heavy atom. The molecule has 0 aliphatic carbocycles. The Kier molecular flexibility index (Phi) is 24.0. The van der Waals surface area contributed by atoms with Gasteiger partial charge in [-0.2, -0.15) is 0 Å². The van der Waals surface area contributed by atoms with Crippen LogP contribution >= 0.6 is 0 Å². The van der Waals surface area contributed by atoms with E-state index >= 15 is 0 Å². The van der Waals surface area contributed by atoms with Crippen molar-refractivity contribution in [3.8, 4) is 11.5 Å². The van der Waals surface area contributed by atoms with E-state index in [0.29, 0.717) is 39.6 Å². The highest BCUT2D eigenvalue weighted by Crippen LogP contribution is 2.14. The minimum atomic E-state index is -0.431. The molecule has 0 aliphatic heterocycles. The first-order valence-electron chi connectivity index (χ1n) is 19.7. The van der Waals surface area contributed by atoms with Crippen LogP contribution in [-0.2, 0) is 47.5 Å². The number of nitrogens with zero attached hydrogens (tertiary/aromatic N) is 1. The summed E-state index contributed by atoms with van der Waals surface area (Å²) in [6, 6.07) is 14.8. The van der Waals surface area contributed by atoms with Gasteiger partial charge in [-0.1, -0.05) is 24.3 Å². The highest BCUT2D eigenvalue weighted by Gasteiger charge is 2.17. The third-order valence-corrected chi connectivity index (χ3v) is 8.54. The number of quaternary nitrogens is 1. The summed E-state index contributed by atoms with van der Waals surface area (Å²) in [4.78, 5) is 24.3. The van der Waals surface area contributed by atoms with E-state index in [1.54, 1.807) is 40.2 Å². The fraction of sp³-hybridized carbons (Fsp3) is 0.591. The van der Waals surface area contributed by atoms with Gasteiger partial charge in [0, 0.05) is 12.2 Å². The van der Waals surface area contributed by atoms with Crippen molar-refractivity contribution in [3.05, 3.63) is 71.8 Å². The van der Waals surface area contributed by atoms with Gasteiger partial charge in [-0.3, -0.25) is 0 Å². The van der Waals surface area contributed by atoms with Gasteiger partial charge in [0.1, 0.15) is 36.8 Å². The van der Waals surface area contributed by atoms with Crippen molar-refractivity contribution < 1.29 is 61.4 Å². The molecule has 0 aromatic heterocycles. The zero-order valence-corrected chi connectivity index (χ0v) is 35.8. The van der Waals surface area contributed by atoms with Gasteiger partial charge >= 0.3 is 11.9 Å². The highest BCUT2D eigenvalue weighted by molar-refractivity contribution is 5.87. The van der Waals surface area contributed by atoms with E-state index in [-0.39, 0.29) is 37.6 Å². The van der Waals surface area contributed by atoms with Crippen LogP contribution in [0.4, 0.5) is 0 Å². The molecular weight excluding hydrogens is 734 g/mol. The fourth-order valence-corrected chi connectivity index (χ4v) is 4.93. The molecule has 0 N–H and O–H groups in total. The molecule has 57 heavy (non-hydrogen) atoms. The number of ether oxygens (including phenoxy) is 10. The zero-order valence-electron chi connectivity index (χ0n) is 35.8. The first kappa shape index (κ1) is 49.3. The quantitative estimate of drug-likeness (QED) is 0.0397. The van der Waals surface area contributed by atoms with E-state index in [2.05, 4.69) is 14.1 Å². The van der Waals surface area contributed by atoms with Crippen LogP contribution in [0.5, 0.6) is 11.5 Å². The average molecular weight is 803 g/mol. The Balaban J connectivity index is 1.47. The van der Waals surface area contributed by atoms with Crippen molar-refractivity contribution in [3.63, 3.8) is 0 Å². The van der Waals surface area contributed by atoms with Crippen molar-refractivity contribution in [2.45, 2.75) is 78.2 Å². The Morgan fingerprint density at radius 3 is 1.16 bits per heavy atom. The number of likely N-dealkylation sites (N-methyl/N-ethyl adjacent to an activating group) is 1. The second-order valence-electron chi connectivity index (χ2n) is 14.8. The van der Waals surface area contributed by atoms with Gasteiger partial charge in [-0.25, -0.2) is 9.59 Å². The second kappa shape index (κ2) is 27.8. The van der Waals surface area contributed by atoms with Crippen molar-refractivity contribution >= 4 is 24.1 Å². The molecule has 0 aliphatic rings. The molecule has 6 unspecified atom stereocenters. The topological polar surface area (TPSA) is 126 Å². The van der Waals surface area contributed by atoms with Gasteiger partial charge in [0.2, 0.25) is 0 Å². The van der Waals surface area contributed by atoms with Crippen molar-refractivity contribution in [1.29, 1.82) is 0 Å². The maximum absolute atomic E-state index is 12.2. The van der Waals surface area contributed by atoms with Crippen LogP contribution in [0.25, 0.3) is 12.2 Å². The molecule has 13 heteroatoms. The monoisotopic (exact) mass is 802 g/mol. The first-order valence-corrected chi connectivity index (χ1v) is 19.7. The van der Waals surface area contributed by atoms with Gasteiger partial charge in [0.05, 0.1) is 106 Å². The van der Waals surface area contributed by atoms with E-state index in [1.807, 2.05) is 76.2 Å². The molecule has 6 atom stereocenters. The SMILES string of the molecule is COc1ccc(/C=C\C(=O)OC(C)COC(C)COC(C)COCC[N+](C)(C)CCOCC(C)OCC(C)OCC(C)OC(=O)/C=C\c2ccc(OC)cc2)cc1. The molecule has 0 heterocycles. The maximum atomic E-state index is 12.2. The molecular formula is C44H68NO12+. The largest absolute Gasteiger partial charge is 0.497 e. The van der Waals surface area contributed by atoms with Crippen LogP contribution in [0.2, 0.25) is 0 Å². The minimum absolute atomic E-state index is 0.0948. The van der Waals surface area contributed by atoms with Crippen LogP contribution in [0.15, 0.2) is 60.7 Å². The number of benzene rings is 2. The number of rotatable bonds is 30. The van der Waals surface area contributed by atoms with Crippen molar-refractivity contribution in [1.82, 2.24) is 0 Å². The number of carbonyl (C=O) groups is 2. The standard InChI is InChI=1S/C44H68NO12/c1-33(52-29-35(3)54-31-37(5)56-43(46)21-15-39-11-17-41(48-9)18-12-39)27-50-25-23-45(7,8)24-26-51-28-34(2)53-30-36(4)55-32-38(6)57-44(47)22-16-40-13-19-42(49-10)20-14-40/h11-22,33-38H,23-32H2,1-10H3/q+1/b21-15-,22-16-. The molecule has 320 valence electrons. The van der Waals surface area contributed by atoms with Crippen LogP contribution in [0, 0.1) is 0 Å². The second-order valence-corrected chi connectivity index (χ2v) is 14.8. The Labute approximate surface area is 340 Å². The molecule has 0 spiro atoms. The van der Waals surface area contributed by atoms with E-state index < -0.39 is 24.1 Å². The molecule has 0 saturated carbocycles. The predicted molar refractivity (Wildman–Crippen MR) is 220 cm³/mol. The van der Waals surface area contributed by atoms with Crippen molar-refractivity contribution in [2.24, 2.45) is 0 Å². The molecule has 0 radical (unpaired) electrons. The Hall–Kier alpha value is -3.82. The highest BCUT2D eigenvalue weighted by atomic mass is 16.6. The molecule has 2 aromatic carbocycles. The first-order chi connectivity index (χ1) is 27.2. The molecule has 0 fully saturated rings. The molecule has 2 rings (SSSR count). The lowest BCUT2D eigenvalue weighted by Crippen LogP contribution is -2.45. The van der Waals surface area contributed by atoms with Gasteiger partial charge in [0.25, 0.3) is 0 Å².